The number of pyridine rings is 3. The number of likely N-dealkylation sites (tertiary alicyclic amines) is 1. The van der Waals surface area contributed by atoms with E-state index in [1.807, 2.05) is 17.0 Å². The number of aromatic nitrogens is 7. The fraction of sp³-hybridized carbons (Fsp3) is 0.269. The van der Waals surface area contributed by atoms with E-state index in [0.29, 0.717) is 39.4 Å². The third kappa shape index (κ3) is 3.88. The number of hydrogen-bond donors (Lipinski definition) is 3. The summed E-state index contributed by atoms with van der Waals surface area (Å²) in [5.41, 5.74) is 5.24. The lowest BCUT2D eigenvalue weighted by molar-refractivity contribution is -0.117. The molecule has 0 radical (unpaired) electrons. The quantitative estimate of drug-likeness (QED) is 0.339. The average Bonchev–Trinajstić information content (AvgIpc) is 3.29. The maximum Gasteiger partial charge on any atom is 0.257 e. The Morgan fingerprint density at radius 1 is 0.973 bits per heavy atom. The van der Waals surface area contributed by atoms with Gasteiger partial charge in [-0.05, 0) is 37.8 Å². The molecular formula is C26H23N9O2. The zero-order chi connectivity index (χ0) is 24.9. The smallest absolute Gasteiger partial charge is 0.257 e. The van der Waals surface area contributed by atoms with Gasteiger partial charge in [-0.2, -0.15) is 5.10 Å². The lowest BCUT2D eigenvalue weighted by Crippen LogP contribution is -2.27. The third-order valence-electron chi connectivity index (χ3n) is 6.95. The van der Waals surface area contributed by atoms with Gasteiger partial charge in [0.1, 0.15) is 11.2 Å². The molecule has 0 spiro atoms. The number of amides is 2. The fourth-order valence-corrected chi connectivity index (χ4v) is 4.79. The summed E-state index contributed by atoms with van der Waals surface area (Å²) >= 11 is 0. The number of anilines is 1. The van der Waals surface area contributed by atoms with Gasteiger partial charge in [0.05, 0.1) is 34.5 Å². The molecule has 0 aromatic carbocycles. The van der Waals surface area contributed by atoms with Crippen LogP contribution < -0.4 is 5.32 Å². The van der Waals surface area contributed by atoms with Gasteiger partial charge in [0.2, 0.25) is 5.91 Å². The molecule has 1 aliphatic carbocycles. The van der Waals surface area contributed by atoms with Crippen LogP contribution >= 0.6 is 0 Å². The van der Waals surface area contributed by atoms with Crippen LogP contribution in [0.1, 0.15) is 36.0 Å². The first-order chi connectivity index (χ1) is 18.1. The molecule has 0 bridgehead atoms. The first kappa shape index (κ1) is 21.6. The predicted molar refractivity (Wildman–Crippen MR) is 136 cm³/mol. The number of hydrogen-bond acceptors (Lipinski definition) is 7. The molecule has 37 heavy (non-hydrogen) atoms. The summed E-state index contributed by atoms with van der Waals surface area (Å²) in [5.74, 6) is 0.642. The largest absolute Gasteiger partial charge is 0.339 e. The lowest BCUT2D eigenvalue weighted by Gasteiger charge is -2.14. The molecule has 1 saturated heterocycles. The summed E-state index contributed by atoms with van der Waals surface area (Å²) in [6.07, 6.45) is 12.3. The number of nitrogens with one attached hydrogen (secondary N) is 3. The fourth-order valence-electron chi connectivity index (χ4n) is 4.79. The van der Waals surface area contributed by atoms with Gasteiger partial charge in [0, 0.05) is 48.7 Å². The molecule has 2 amide bonds. The van der Waals surface area contributed by atoms with Crippen molar-refractivity contribution in [2.45, 2.75) is 25.7 Å². The van der Waals surface area contributed by atoms with Crippen LogP contribution in [0, 0.1) is 5.92 Å². The Balaban J connectivity index is 1.25. The van der Waals surface area contributed by atoms with Gasteiger partial charge < -0.3 is 15.2 Å². The molecule has 0 unspecified atom stereocenters. The van der Waals surface area contributed by atoms with Crippen molar-refractivity contribution in [3.05, 3.63) is 48.7 Å². The summed E-state index contributed by atoms with van der Waals surface area (Å²) < 4.78 is 0. The molecule has 7 rings (SSSR count). The van der Waals surface area contributed by atoms with E-state index in [1.165, 1.54) is 0 Å². The van der Waals surface area contributed by atoms with E-state index in [1.54, 1.807) is 31.0 Å². The van der Waals surface area contributed by atoms with Gasteiger partial charge in [0.15, 0.2) is 11.5 Å². The second-order valence-corrected chi connectivity index (χ2v) is 9.59. The van der Waals surface area contributed by atoms with E-state index < -0.39 is 0 Å². The molecule has 11 heteroatoms. The topological polar surface area (TPSA) is 145 Å². The summed E-state index contributed by atoms with van der Waals surface area (Å²) in [4.78, 5) is 48.2. The van der Waals surface area contributed by atoms with E-state index in [0.717, 1.165) is 55.3 Å². The van der Waals surface area contributed by atoms with Crippen LogP contribution in [-0.2, 0) is 4.79 Å². The lowest BCUT2D eigenvalue weighted by atomic mass is 10.1. The molecule has 184 valence electrons. The van der Waals surface area contributed by atoms with Crippen LogP contribution in [0.15, 0.2) is 43.1 Å². The monoisotopic (exact) mass is 493 g/mol. The second kappa shape index (κ2) is 8.47. The molecule has 1 saturated carbocycles. The van der Waals surface area contributed by atoms with Crippen LogP contribution in [-0.4, -0.2) is 64.9 Å². The molecule has 3 N–H and O–H groups in total. The predicted octanol–water partition coefficient (Wildman–Crippen LogP) is 3.54. The van der Waals surface area contributed by atoms with Crippen LogP contribution in [0.5, 0.6) is 0 Å². The molecule has 5 aromatic rings. The Morgan fingerprint density at radius 2 is 1.78 bits per heavy atom. The van der Waals surface area contributed by atoms with Crippen molar-refractivity contribution in [3.8, 4) is 22.6 Å². The highest BCUT2D eigenvalue weighted by atomic mass is 16.2. The third-order valence-corrected chi connectivity index (χ3v) is 6.95. The van der Waals surface area contributed by atoms with E-state index >= 15 is 0 Å². The molecule has 6 heterocycles. The number of H-pyrrole nitrogens is 2. The van der Waals surface area contributed by atoms with Gasteiger partial charge in [-0.25, -0.2) is 9.97 Å². The van der Waals surface area contributed by atoms with Crippen LogP contribution in [0.2, 0.25) is 0 Å². The Kier molecular flexibility index (Phi) is 4.95. The Labute approximate surface area is 210 Å². The Bertz CT molecular complexity index is 1680. The number of nitrogens with zero attached hydrogens (tertiary/aromatic N) is 6. The zero-order valence-electron chi connectivity index (χ0n) is 19.9. The first-order valence-electron chi connectivity index (χ1n) is 12.4. The zero-order valence-corrected chi connectivity index (χ0v) is 19.9. The SMILES string of the molecule is O=C(Nc1cncc(-c2cnc3n[nH]c(-c4nc5c(C(=O)N6CCCC6)cncc5[nH]4)c3c2)c1)C1CC1. The average molecular weight is 494 g/mol. The highest BCUT2D eigenvalue weighted by Crippen LogP contribution is 2.32. The second-order valence-electron chi connectivity index (χ2n) is 9.59. The van der Waals surface area contributed by atoms with Crippen molar-refractivity contribution < 1.29 is 9.59 Å². The molecule has 2 aliphatic rings. The normalized spacial score (nSPS) is 15.5. The summed E-state index contributed by atoms with van der Waals surface area (Å²) in [7, 11) is 0. The van der Waals surface area contributed by atoms with Crippen molar-refractivity contribution in [3.63, 3.8) is 0 Å². The number of imidazole rings is 1. The van der Waals surface area contributed by atoms with E-state index in [9.17, 15) is 9.59 Å². The van der Waals surface area contributed by atoms with Crippen molar-refractivity contribution in [2.24, 2.45) is 5.92 Å². The number of fused-ring (bicyclic) bond motifs is 2. The van der Waals surface area contributed by atoms with Gasteiger partial charge in [-0.15, -0.1) is 0 Å². The van der Waals surface area contributed by atoms with Crippen LogP contribution in [0.25, 0.3) is 44.7 Å². The van der Waals surface area contributed by atoms with E-state index in [-0.39, 0.29) is 17.7 Å². The summed E-state index contributed by atoms with van der Waals surface area (Å²) in [6, 6.07) is 3.85. The van der Waals surface area contributed by atoms with E-state index in [2.05, 4.69) is 35.5 Å². The first-order valence-corrected chi connectivity index (χ1v) is 12.4. The Hall–Kier alpha value is -4.67. The van der Waals surface area contributed by atoms with Gasteiger partial charge in [-0.1, -0.05) is 0 Å². The molecule has 1 aliphatic heterocycles. The van der Waals surface area contributed by atoms with Crippen molar-refractivity contribution in [1.29, 1.82) is 0 Å². The van der Waals surface area contributed by atoms with Crippen LogP contribution in [0.3, 0.4) is 0 Å². The molecular weight excluding hydrogens is 470 g/mol. The molecule has 5 aromatic heterocycles. The van der Waals surface area contributed by atoms with Crippen molar-refractivity contribution in [2.75, 3.05) is 18.4 Å². The number of aromatic amines is 2. The van der Waals surface area contributed by atoms with Gasteiger partial charge in [-0.3, -0.25) is 24.7 Å². The minimum absolute atomic E-state index is 0.0339. The maximum absolute atomic E-state index is 13.1. The van der Waals surface area contributed by atoms with Crippen molar-refractivity contribution >= 4 is 39.6 Å². The minimum atomic E-state index is -0.0479. The number of carbonyl (C=O) groups is 2. The van der Waals surface area contributed by atoms with Gasteiger partial charge >= 0.3 is 0 Å². The highest BCUT2D eigenvalue weighted by Gasteiger charge is 2.29. The number of carbonyl (C=O) groups excluding carboxylic acids is 2. The standard InChI is InChI=1S/C26H23N9O2/c36-25(14-3-4-14)30-17-7-15(9-27-11-17)16-8-18-22(33-34-23(18)29-10-16)24-31-20-13-28-12-19(21(20)32-24)26(37)35-5-1-2-6-35/h7-14H,1-6H2,(H,30,36)(H,31,32)(H,29,33,34). The highest BCUT2D eigenvalue weighted by molar-refractivity contribution is 6.05. The number of rotatable bonds is 5. The molecule has 0 atom stereocenters. The summed E-state index contributed by atoms with van der Waals surface area (Å²) in [5, 5.41) is 11.1. The summed E-state index contributed by atoms with van der Waals surface area (Å²) in [6.45, 7) is 1.51. The molecule has 11 nitrogen and oxygen atoms in total. The molecule has 2 fully saturated rings. The maximum atomic E-state index is 13.1. The van der Waals surface area contributed by atoms with E-state index in [4.69, 9.17) is 4.98 Å². The van der Waals surface area contributed by atoms with Gasteiger partial charge in [0.25, 0.3) is 5.91 Å². The van der Waals surface area contributed by atoms with Crippen LogP contribution in [0.4, 0.5) is 5.69 Å². The van der Waals surface area contributed by atoms with Crippen molar-refractivity contribution in [1.82, 2.24) is 40.0 Å². The Morgan fingerprint density at radius 3 is 2.62 bits per heavy atom. The minimum Gasteiger partial charge on any atom is -0.339 e.